The van der Waals surface area contributed by atoms with Crippen LogP contribution in [0.15, 0.2) is 24.3 Å². The van der Waals surface area contributed by atoms with E-state index in [9.17, 15) is 9.59 Å². The van der Waals surface area contributed by atoms with Gasteiger partial charge in [0.2, 0.25) is 5.91 Å². The Bertz CT molecular complexity index is 434. The molecule has 0 aliphatic carbocycles. The number of nitrogens with two attached hydrogens (primary N) is 1. The second-order valence-electron chi connectivity index (χ2n) is 3.79. The molecule has 98 valence electrons. The second kappa shape index (κ2) is 6.61. The van der Waals surface area contributed by atoms with E-state index in [2.05, 4.69) is 5.32 Å². The number of benzene rings is 1. The molecule has 4 N–H and O–H groups in total. The average molecular weight is 252 g/mol. The first-order valence-electron chi connectivity index (χ1n) is 5.39. The maximum absolute atomic E-state index is 11.6. The zero-order chi connectivity index (χ0) is 13.5. The van der Waals surface area contributed by atoms with Crippen molar-refractivity contribution in [2.45, 2.75) is 12.5 Å². The normalized spacial score (nSPS) is 11.8. The summed E-state index contributed by atoms with van der Waals surface area (Å²) in [7, 11) is 1.28. The van der Waals surface area contributed by atoms with Crippen LogP contribution in [0.1, 0.15) is 5.56 Å². The maximum atomic E-state index is 11.6. The molecule has 1 rings (SSSR count). The minimum absolute atomic E-state index is 0.0625. The molecule has 1 atom stereocenters. The highest BCUT2D eigenvalue weighted by atomic mass is 16.5. The summed E-state index contributed by atoms with van der Waals surface area (Å²) >= 11 is 0. The standard InChI is InChI=1S/C12H16N2O4/c1-18-10(12(16)17)7-14-11(15)6-8-3-2-4-9(13)5-8/h2-5,10H,6-7,13H2,1H3,(H,14,15)(H,16,17). The van der Waals surface area contributed by atoms with E-state index in [-0.39, 0.29) is 18.9 Å². The van der Waals surface area contributed by atoms with E-state index >= 15 is 0 Å². The molecule has 6 heteroatoms. The van der Waals surface area contributed by atoms with Gasteiger partial charge >= 0.3 is 5.97 Å². The Morgan fingerprint density at radius 1 is 1.50 bits per heavy atom. The van der Waals surface area contributed by atoms with E-state index in [1.807, 2.05) is 0 Å². The van der Waals surface area contributed by atoms with Crippen LogP contribution in [0.3, 0.4) is 0 Å². The first-order valence-corrected chi connectivity index (χ1v) is 5.39. The number of rotatable bonds is 6. The topological polar surface area (TPSA) is 102 Å². The van der Waals surface area contributed by atoms with Crippen LogP contribution < -0.4 is 11.1 Å². The van der Waals surface area contributed by atoms with Gasteiger partial charge in [0.1, 0.15) is 0 Å². The number of carboxylic acids is 1. The number of carbonyl (C=O) groups excluding carboxylic acids is 1. The third-order valence-corrected chi connectivity index (χ3v) is 2.36. The van der Waals surface area contributed by atoms with Crippen molar-refractivity contribution < 1.29 is 19.4 Å². The lowest BCUT2D eigenvalue weighted by Gasteiger charge is -2.11. The Morgan fingerprint density at radius 2 is 2.22 bits per heavy atom. The number of hydrogen-bond acceptors (Lipinski definition) is 4. The van der Waals surface area contributed by atoms with E-state index in [4.69, 9.17) is 15.6 Å². The van der Waals surface area contributed by atoms with Crippen LogP contribution in [0, 0.1) is 0 Å². The molecule has 0 fully saturated rings. The summed E-state index contributed by atoms with van der Waals surface area (Å²) in [6, 6.07) is 6.96. The zero-order valence-electron chi connectivity index (χ0n) is 10.1. The van der Waals surface area contributed by atoms with Gasteiger partial charge in [-0.25, -0.2) is 4.79 Å². The number of anilines is 1. The molecule has 6 nitrogen and oxygen atoms in total. The number of aliphatic carboxylic acids is 1. The van der Waals surface area contributed by atoms with Crippen molar-refractivity contribution >= 4 is 17.6 Å². The van der Waals surface area contributed by atoms with Crippen LogP contribution in [0.2, 0.25) is 0 Å². The lowest BCUT2D eigenvalue weighted by atomic mass is 10.1. The number of carboxylic acid groups (broad SMARTS) is 1. The number of hydrogen-bond donors (Lipinski definition) is 3. The lowest BCUT2D eigenvalue weighted by molar-refractivity contribution is -0.148. The number of nitrogens with one attached hydrogen (secondary N) is 1. The molecular formula is C12H16N2O4. The van der Waals surface area contributed by atoms with Gasteiger partial charge in [-0.15, -0.1) is 0 Å². The molecule has 1 aromatic rings. The first kappa shape index (κ1) is 14.0. The summed E-state index contributed by atoms with van der Waals surface area (Å²) in [5.41, 5.74) is 6.95. The molecule has 0 aliphatic heterocycles. The zero-order valence-corrected chi connectivity index (χ0v) is 10.1. The molecule has 0 aromatic heterocycles. The minimum atomic E-state index is -1.11. The lowest BCUT2D eigenvalue weighted by Crippen LogP contribution is -2.38. The van der Waals surface area contributed by atoms with Gasteiger partial charge < -0.3 is 20.9 Å². The van der Waals surface area contributed by atoms with Crippen molar-refractivity contribution in [1.29, 1.82) is 0 Å². The minimum Gasteiger partial charge on any atom is -0.479 e. The molecule has 0 aliphatic rings. The molecule has 0 heterocycles. The van der Waals surface area contributed by atoms with Gasteiger partial charge in [0.05, 0.1) is 13.0 Å². The number of ether oxygens (including phenoxy) is 1. The Balaban J connectivity index is 2.45. The summed E-state index contributed by atoms with van der Waals surface area (Å²) in [4.78, 5) is 22.2. The van der Waals surface area contributed by atoms with Gasteiger partial charge in [-0.2, -0.15) is 0 Å². The van der Waals surface area contributed by atoms with Gasteiger partial charge in [0, 0.05) is 12.8 Å². The highest BCUT2D eigenvalue weighted by Gasteiger charge is 2.17. The summed E-state index contributed by atoms with van der Waals surface area (Å²) in [5.74, 6) is -1.38. The first-order chi connectivity index (χ1) is 8.52. The molecule has 0 saturated heterocycles. The largest absolute Gasteiger partial charge is 0.479 e. The monoisotopic (exact) mass is 252 g/mol. The highest BCUT2D eigenvalue weighted by Crippen LogP contribution is 2.06. The van der Waals surface area contributed by atoms with Gasteiger partial charge in [-0.1, -0.05) is 12.1 Å². The van der Waals surface area contributed by atoms with Gasteiger partial charge in [-0.3, -0.25) is 4.79 Å². The molecule has 0 bridgehead atoms. The van der Waals surface area contributed by atoms with Gasteiger partial charge in [-0.05, 0) is 17.7 Å². The smallest absolute Gasteiger partial charge is 0.334 e. The fraction of sp³-hybridized carbons (Fsp3) is 0.333. The van der Waals surface area contributed by atoms with E-state index in [0.717, 1.165) is 5.56 Å². The number of amides is 1. The van der Waals surface area contributed by atoms with Crippen LogP contribution in [0.5, 0.6) is 0 Å². The van der Waals surface area contributed by atoms with Crippen LogP contribution in [0.4, 0.5) is 5.69 Å². The predicted octanol–water partition coefficient (Wildman–Crippen LogP) is 0.0271. The number of carbonyl (C=O) groups is 2. The molecule has 0 spiro atoms. The van der Waals surface area contributed by atoms with E-state index in [1.54, 1.807) is 24.3 Å². The maximum Gasteiger partial charge on any atom is 0.334 e. The van der Waals surface area contributed by atoms with E-state index in [0.29, 0.717) is 5.69 Å². The van der Waals surface area contributed by atoms with Crippen molar-refractivity contribution in [3.05, 3.63) is 29.8 Å². The summed E-state index contributed by atoms with van der Waals surface area (Å²) < 4.78 is 4.70. The van der Waals surface area contributed by atoms with Crippen molar-refractivity contribution in [2.24, 2.45) is 0 Å². The molecule has 0 radical (unpaired) electrons. The van der Waals surface area contributed by atoms with E-state index in [1.165, 1.54) is 7.11 Å². The molecular weight excluding hydrogens is 236 g/mol. The molecule has 18 heavy (non-hydrogen) atoms. The Kier molecular flexibility index (Phi) is 5.13. The van der Waals surface area contributed by atoms with Crippen molar-refractivity contribution in [1.82, 2.24) is 5.32 Å². The van der Waals surface area contributed by atoms with E-state index < -0.39 is 12.1 Å². The fourth-order valence-electron chi connectivity index (χ4n) is 1.43. The second-order valence-corrected chi connectivity index (χ2v) is 3.79. The van der Waals surface area contributed by atoms with Crippen LogP contribution >= 0.6 is 0 Å². The summed E-state index contributed by atoms with van der Waals surface area (Å²) in [6.45, 7) is -0.0625. The van der Waals surface area contributed by atoms with Crippen molar-refractivity contribution in [2.75, 3.05) is 19.4 Å². The molecule has 1 unspecified atom stereocenters. The predicted molar refractivity (Wildman–Crippen MR) is 66.0 cm³/mol. The third kappa shape index (κ3) is 4.42. The summed E-state index contributed by atoms with van der Waals surface area (Å²) in [5, 5.41) is 11.2. The Labute approximate surface area is 105 Å². The Hall–Kier alpha value is -2.08. The van der Waals surface area contributed by atoms with Crippen LogP contribution in [-0.4, -0.2) is 36.7 Å². The van der Waals surface area contributed by atoms with Crippen LogP contribution in [-0.2, 0) is 20.7 Å². The van der Waals surface area contributed by atoms with Gasteiger partial charge in [0.15, 0.2) is 6.10 Å². The third-order valence-electron chi connectivity index (χ3n) is 2.36. The molecule has 1 amide bonds. The quantitative estimate of drug-likeness (QED) is 0.620. The van der Waals surface area contributed by atoms with Crippen molar-refractivity contribution in [3.63, 3.8) is 0 Å². The fourth-order valence-corrected chi connectivity index (χ4v) is 1.43. The van der Waals surface area contributed by atoms with Gasteiger partial charge in [0.25, 0.3) is 0 Å². The van der Waals surface area contributed by atoms with Crippen molar-refractivity contribution in [3.8, 4) is 0 Å². The summed E-state index contributed by atoms with van der Waals surface area (Å²) in [6.07, 6.45) is -0.879. The number of methoxy groups -OCH3 is 1. The number of nitrogen functional groups attached to an aromatic ring is 1. The molecule has 1 aromatic carbocycles. The Morgan fingerprint density at radius 3 is 2.78 bits per heavy atom. The SMILES string of the molecule is COC(CNC(=O)Cc1cccc(N)c1)C(=O)O. The highest BCUT2D eigenvalue weighted by molar-refractivity contribution is 5.80. The van der Waals surface area contributed by atoms with Crippen LogP contribution in [0.25, 0.3) is 0 Å². The molecule has 0 saturated carbocycles. The average Bonchev–Trinajstić information content (AvgIpc) is 2.29.